The molecule has 1 amide bonds. The average molecular weight is 579 g/mol. The number of hydrogen-bond donors (Lipinski definition) is 1. The number of fused-ring (bicyclic) bond motifs is 1. The summed E-state index contributed by atoms with van der Waals surface area (Å²) >= 11 is 0.896. The Morgan fingerprint density at radius 2 is 1.66 bits per heavy atom. The van der Waals surface area contributed by atoms with Gasteiger partial charge in [0.05, 0.1) is 51.4 Å². The molecule has 1 N–H and O–H groups in total. The molecule has 1 atom stereocenters. The highest BCUT2D eigenvalue weighted by atomic mass is 32.1. The standard InChI is InChI=1S/C28H26N4O8S/c1-13-20(31-10-8-7-9-18(31)29-13)22(33)19-21(15-11-16(37-3)24(39-5)17(12-15)38-4)32(26(35)23(19)34)28-30-14(2)25(41-28)27(36)40-6/h7-12,21,33H,1-6H3/b22-19+. The third-order valence-corrected chi connectivity index (χ3v) is 7.87. The van der Waals surface area contributed by atoms with E-state index in [1.165, 1.54) is 28.4 Å². The first-order valence-corrected chi connectivity index (χ1v) is 13.1. The van der Waals surface area contributed by atoms with E-state index in [1.807, 2.05) is 0 Å². The van der Waals surface area contributed by atoms with E-state index in [4.69, 9.17) is 18.9 Å². The predicted molar refractivity (Wildman–Crippen MR) is 149 cm³/mol. The van der Waals surface area contributed by atoms with Crippen LogP contribution in [0.5, 0.6) is 17.2 Å². The van der Waals surface area contributed by atoms with Crippen LogP contribution >= 0.6 is 11.3 Å². The minimum Gasteiger partial charge on any atom is -0.505 e. The number of hydrogen-bond acceptors (Lipinski definition) is 11. The summed E-state index contributed by atoms with van der Waals surface area (Å²) in [5.74, 6) is -2.11. The van der Waals surface area contributed by atoms with Gasteiger partial charge < -0.3 is 24.1 Å². The van der Waals surface area contributed by atoms with Crippen molar-refractivity contribution < 1.29 is 38.4 Å². The van der Waals surface area contributed by atoms with Gasteiger partial charge in [-0.15, -0.1) is 0 Å². The summed E-state index contributed by atoms with van der Waals surface area (Å²) in [6, 6.07) is 7.29. The van der Waals surface area contributed by atoms with Gasteiger partial charge in [0.25, 0.3) is 5.78 Å². The molecule has 0 saturated carbocycles. The zero-order valence-electron chi connectivity index (χ0n) is 23.0. The second-order valence-electron chi connectivity index (χ2n) is 9.00. The Kier molecular flexibility index (Phi) is 7.13. The number of Topliss-reactive ketones (excluding diaryl/α,β-unsaturated/α-hetero) is 1. The van der Waals surface area contributed by atoms with Gasteiger partial charge in [-0.05, 0) is 43.7 Å². The number of aliphatic hydroxyl groups is 1. The van der Waals surface area contributed by atoms with E-state index in [2.05, 4.69) is 9.97 Å². The van der Waals surface area contributed by atoms with Crippen molar-refractivity contribution in [1.29, 1.82) is 0 Å². The minimum atomic E-state index is -1.19. The molecule has 0 radical (unpaired) electrons. The maximum atomic E-state index is 13.7. The number of carbonyl (C=O) groups is 3. The van der Waals surface area contributed by atoms with Crippen LogP contribution in [-0.4, -0.2) is 65.6 Å². The fourth-order valence-corrected chi connectivity index (χ4v) is 5.91. The summed E-state index contributed by atoms with van der Waals surface area (Å²) in [6.45, 7) is 3.29. The summed E-state index contributed by atoms with van der Waals surface area (Å²) in [4.78, 5) is 50.0. The second-order valence-corrected chi connectivity index (χ2v) is 9.98. The molecular weight excluding hydrogens is 552 g/mol. The Labute approximate surface area is 238 Å². The highest BCUT2D eigenvalue weighted by Crippen LogP contribution is 2.48. The van der Waals surface area contributed by atoms with Crippen molar-refractivity contribution in [2.45, 2.75) is 19.9 Å². The Hall–Kier alpha value is -4.91. The van der Waals surface area contributed by atoms with Crippen LogP contribution in [-0.2, 0) is 14.3 Å². The number of aliphatic hydroxyl groups excluding tert-OH is 1. The van der Waals surface area contributed by atoms with E-state index in [1.54, 1.807) is 54.8 Å². The van der Waals surface area contributed by atoms with Gasteiger partial charge in [-0.2, -0.15) is 0 Å². The lowest BCUT2D eigenvalue weighted by Gasteiger charge is -2.24. The SMILES string of the molecule is COC(=O)c1sc(N2C(=O)C(=O)/C(=C(/O)c3c(C)nc4ccccn34)C2c2cc(OC)c(OC)c(OC)c2)nc1C. The van der Waals surface area contributed by atoms with E-state index in [0.29, 0.717) is 28.3 Å². The molecule has 4 heterocycles. The molecule has 0 spiro atoms. The molecule has 4 aromatic rings. The van der Waals surface area contributed by atoms with Crippen molar-refractivity contribution in [2.24, 2.45) is 0 Å². The van der Waals surface area contributed by atoms with Crippen LogP contribution in [0, 0.1) is 13.8 Å². The fraction of sp³-hybridized carbons (Fsp3) is 0.250. The zero-order chi connectivity index (χ0) is 29.6. The topological polar surface area (TPSA) is 142 Å². The number of aryl methyl sites for hydroxylation is 2. The summed E-state index contributed by atoms with van der Waals surface area (Å²) in [5.41, 5.74) is 1.72. The Balaban J connectivity index is 1.82. The molecule has 1 saturated heterocycles. The van der Waals surface area contributed by atoms with E-state index in [-0.39, 0.29) is 32.8 Å². The quantitative estimate of drug-likeness (QED) is 0.149. The molecule has 1 fully saturated rings. The van der Waals surface area contributed by atoms with Gasteiger partial charge in [-0.1, -0.05) is 17.4 Å². The van der Waals surface area contributed by atoms with Gasteiger partial charge in [0.2, 0.25) is 5.75 Å². The first kappa shape index (κ1) is 27.6. The third kappa shape index (κ3) is 4.34. The second kappa shape index (κ2) is 10.6. The number of pyridine rings is 1. The average Bonchev–Trinajstić information content (AvgIpc) is 3.61. The predicted octanol–water partition coefficient (Wildman–Crippen LogP) is 3.85. The lowest BCUT2D eigenvalue weighted by molar-refractivity contribution is -0.132. The van der Waals surface area contributed by atoms with Crippen molar-refractivity contribution in [3.63, 3.8) is 0 Å². The van der Waals surface area contributed by atoms with E-state index >= 15 is 0 Å². The largest absolute Gasteiger partial charge is 0.505 e. The Bertz CT molecular complexity index is 1730. The minimum absolute atomic E-state index is 0.0673. The van der Waals surface area contributed by atoms with Crippen LogP contribution < -0.4 is 19.1 Å². The number of nitrogens with zero attached hydrogens (tertiary/aromatic N) is 4. The summed E-state index contributed by atoms with van der Waals surface area (Å²) in [7, 11) is 5.56. The van der Waals surface area contributed by atoms with Crippen molar-refractivity contribution in [2.75, 3.05) is 33.3 Å². The van der Waals surface area contributed by atoms with Crippen molar-refractivity contribution in [3.8, 4) is 17.2 Å². The van der Waals surface area contributed by atoms with Crippen LogP contribution in [0.4, 0.5) is 5.13 Å². The molecule has 13 heteroatoms. The molecule has 212 valence electrons. The molecule has 1 unspecified atom stereocenters. The van der Waals surface area contributed by atoms with E-state index in [0.717, 1.165) is 16.2 Å². The molecular formula is C28H26N4O8S. The normalized spacial score (nSPS) is 16.3. The Morgan fingerprint density at radius 3 is 2.27 bits per heavy atom. The summed E-state index contributed by atoms with van der Waals surface area (Å²) in [5, 5.41) is 11.8. The first-order chi connectivity index (χ1) is 19.7. The molecule has 0 aliphatic carbocycles. The third-order valence-electron chi connectivity index (χ3n) is 6.74. The van der Waals surface area contributed by atoms with Gasteiger partial charge in [0.15, 0.2) is 22.4 Å². The van der Waals surface area contributed by atoms with E-state index in [9.17, 15) is 19.5 Å². The number of benzene rings is 1. The van der Waals surface area contributed by atoms with Crippen molar-refractivity contribution in [3.05, 3.63) is 69.6 Å². The molecule has 3 aromatic heterocycles. The van der Waals surface area contributed by atoms with Gasteiger partial charge in [-0.25, -0.2) is 14.8 Å². The van der Waals surface area contributed by atoms with Gasteiger partial charge >= 0.3 is 11.9 Å². The molecule has 12 nitrogen and oxygen atoms in total. The monoisotopic (exact) mass is 578 g/mol. The van der Waals surface area contributed by atoms with E-state index < -0.39 is 29.5 Å². The maximum Gasteiger partial charge on any atom is 0.350 e. The lowest BCUT2D eigenvalue weighted by Crippen LogP contribution is -2.29. The molecule has 1 aliphatic rings. The van der Waals surface area contributed by atoms with Crippen LogP contribution in [0.2, 0.25) is 0 Å². The van der Waals surface area contributed by atoms with Crippen molar-refractivity contribution in [1.82, 2.24) is 14.4 Å². The van der Waals surface area contributed by atoms with Gasteiger partial charge in [-0.3, -0.25) is 18.9 Å². The molecule has 5 rings (SSSR count). The zero-order valence-corrected chi connectivity index (χ0v) is 23.9. The number of carbonyl (C=O) groups excluding carboxylic acids is 3. The smallest absolute Gasteiger partial charge is 0.350 e. The van der Waals surface area contributed by atoms with Crippen LogP contribution in [0.25, 0.3) is 11.4 Å². The number of ether oxygens (including phenoxy) is 4. The maximum absolute atomic E-state index is 13.7. The molecule has 1 aliphatic heterocycles. The highest BCUT2D eigenvalue weighted by Gasteiger charge is 2.49. The van der Waals surface area contributed by atoms with Gasteiger partial charge in [0, 0.05) is 6.20 Å². The summed E-state index contributed by atoms with van der Waals surface area (Å²) < 4.78 is 23.0. The lowest BCUT2D eigenvalue weighted by atomic mass is 9.95. The number of aromatic nitrogens is 3. The Morgan fingerprint density at radius 1 is 0.976 bits per heavy atom. The number of rotatable bonds is 7. The van der Waals surface area contributed by atoms with Crippen molar-refractivity contribution >= 4 is 45.5 Å². The number of imidazole rings is 1. The first-order valence-electron chi connectivity index (χ1n) is 12.3. The molecule has 1 aromatic carbocycles. The number of methoxy groups -OCH3 is 4. The molecule has 0 bridgehead atoms. The van der Waals surface area contributed by atoms with Crippen LogP contribution in [0.15, 0.2) is 42.1 Å². The highest BCUT2D eigenvalue weighted by molar-refractivity contribution is 7.17. The number of esters is 1. The number of thiazole rings is 1. The van der Waals surface area contributed by atoms with Crippen LogP contribution in [0.3, 0.4) is 0 Å². The molecule has 41 heavy (non-hydrogen) atoms. The fourth-order valence-electron chi connectivity index (χ4n) is 4.90. The number of ketones is 1. The van der Waals surface area contributed by atoms with Gasteiger partial charge in [0.1, 0.15) is 16.2 Å². The van der Waals surface area contributed by atoms with Crippen LogP contribution in [0.1, 0.15) is 38.4 Å². The number of anilines is 1. The summed E-state index contributed by atoms with van der Waals surface area (Å²) in [6.07, 6.45) is 1.70. The number of amides is 1.